The number of furan rings is 1. The number of hydrogen-bond donors (Lipinski definition) is 2. The molecule has 3 aromatic heterocycles. The fourth-order valence-electron chi connectivity index (χ4n) is 2.16. The Hall–Kier alpha value is -3.42. The fraction of sp³-hybridized carbons (Fsp3) is 0.125. The summed E-state index contributed by atoms with van der Waals surface area (Å²) in [6.07, 6.45) is 4.53. The van der Waals surface area contributed by atoms with E-state index in [2.05, 4.69) is 20.4 Å². The number of aryl methyl sites for hydroxylation is 1. The van der Waals surface area contributed by atoms with Gasteiger partial charge in [-0.3, -0.25) is 14.6 Å². The number of allylic oxidation sites excluding steroid dienone is 1. The second-order valence-corrected chi connectivity index (χ2v) is 5.00. The zero-order valence-corrected chi connectivity index (χ0v) is 13.1. The van der Waals surface area contributed by atoms with Gasteiger partial charge in [0, 0.05) is 17.8 Å². The minimum atomic E-state index is -0.320. The van der Waals surface area contributed by atoms with Gasteiger partial charge in [0.1, 0.15) is 11.5 Å². The van der Waals surface area contributed by atoms with E-state index in [-0.39, 0.29) is 17.4 Å². The van der Waals surface area contributed by atoms with Crippen molar-refractivity contribution in [3.63, 3.8) is 0 Å². The van der Waals surface area contributed by atoms with Gasteiger partial charge in [0.2, 0.25) is 11.9 Å². The summed E-state index contributed by atoms with van der Waals surface area (Å²) in [5.74, 6) is 0.775. The number of aromatic nitrogens is 4. The molecule has 0 unspecified atom stereocenters. The van der Waals surface area contributed by atoms with Gasteiger partial charge in [-0.05, 0) is 32.1 Å². The average molecular weight is 325 g/mol. The van der Waals surface area contributed by atoms with Crippen molar-refractivity contribution < 1.29 is 9.21 Å². The van der Waals surface area contributed by atoms with Crippen LogP contribution in [0.15, 0.2) is 51.9 Å². The zero-order chi connectivity index (χ0) is 17.1. The lowest BCUT2D eigenvalue weighted by atomic mass is 10.3. The molecule has 24 heavy (non-hydrogen) atoms. The first-order valence-electron chi connectivity index (χ1n) is 7.23. The first-order chi connectivity index (χ1) is 11.6. The molecule has 122 valence electrons. The highest BCUT2D eigenvalue weighted by Gasteiger charge is 2.16. The van der Waals surface area contributed by atoms with E-state index in [0.717, 1.165) is 0 Å². The van der Waals surface area contributed by atoms with Crippen molar-refractivity contribution in [3.05, 3.63) is 58.7 Å². The van der Waals surface area contributed by atoms with Gasteiger partial charge >= 0.3 is 0 Å². The molecule has 2 N–H and O–H groups in total. The highest BCUT2D eigenvalue weighted by molar-refractivity contribution is 5.99. The SMILES string of the molecule is CC=CC(=O)Nc1cc(-c2ccco2)nn1-c1nc(C)cc(=O)[nH]1. The van der Waals surface area contributed by atoms with E-state index in [1.807, 2.05) is 0 Å². The Labute approximate surface area is 136 Å². The number of nitrogens with zero attached hydrogens (tertiary/aromatic N) is 3. The van der Waals surface area contributed by atoms with Crippen molar-refractivity contribution in [1.29, 1.82) is 0 Å². The van der Waals surface area contributed by atoms with E-state index in [0.29, 0.717) is 23.0 Å². The van der Waals surface area contributed by atoms with Crippen LogP contribution in [0.5, 0.6) is 0 Å². The van der Waals surface area contributed by atoms with Crippen LogP contribution in [0.1, 0.15) is 12.6 Å². The van der Waals surface area contributed by atoms with Gasteiger partial charge in [0.05, 0.1) is 6.26 Å². The maximum absolute atomic E-state index is 11.9. The summed E-state index contributed by atoms with van der Waals surface area (Å²) in [4.78, 5) is 30.4. The van der Waals surface area contributed by atoms with Crippen LogP contribution in [0.2, 0.25) is 0 Å². The van der Waals surface area contributed by atoms with Crippen molar-refractivity contribution in [2.24, 2.45) is 0 Å². The molecule has 0 aliphatic carbocycles. The maximum atomic E-state index is 11.9. The van der Waals surface area contributed by atoms with E-state index >= 15 is 0 Å². The summed E-state index contributed by atoms with van der Waals surface area (Å²) >= 11 is 0. The highest BCUT2D eigenvalue weighted by Crippen LogP contribution is 2.23. The molecule has 0 saturated carbocycles. The lowest BCUT2D eigenvalue weighted by Gasteiger charge is -2.06. The molecule has 0 spiro atoms. The maximum Gasteiger partial charge on any atom is 0.252 e. The van der Waals surface area contributed by atoms with Gasteiger partial charge in [-0.2, -0.15) is 9.78 Å². The van der Waals surface area contributed by atoms with Crippen LogP contribution >= 0.6 is 0 Å². The number of aromatic amines is 1. The van der Waals surface area contributed by atoms with Gasteiger partial charge in [-0.1, -0.05) is 6.08 Å². The summed E-state index contributed by atoms with van der Waals surface area (Å²) in [5.41, 5.74) is 0.729. The number of carbonyl (C=O) groups is 1. The average Bonchev–Trinajstić information content (AvgIpc) is 3.15. The number of carbonyl (C=O) groups excluding carboxylic acids is 1. The van der Waals surface area contributed by atoms with Crippen molar-refractivity contribution in [1.82, 2.24) is 19.7 Å². The minimum Gasteiger partial charge on any atom is -0.463 e. The number of amides is 1. The highest BCUT2D eigenvalue weighted by atomic mass is 16.3. The molecule has 0 atom stereocenters. The Morgan fingerprint density at radius 3 is 2.92 bits per heavy atom. The van der Waals surface area contributed by atoms with E-state index < -0.39 is 0 Å². The van der Waals surface area contributed by atoms with Crippen LogP contribution in [-0.2, 0) is 4.79 Å². The van der Waals surface area contributed by atoms with Crippen molar-refractivity contribution in [3.8, 4) is 17.4 Å². The second-order valence-electron chi connectivity index (χ2n) is 5.00. The van der Waals surface area contributed by atoms with Crippen LogP contribution in [0.4, 0.5) is 5.82 Å². The molecule has 0 saturated heterocycles. The largest absolute Gasteiger partial charge is 0.463 e. The van der Waals surface area contributed by atoms with Gasteiger partial charge in [0.15, 0.2) is 5.76 Å². The van der Waals surface area contributed by atoms with Crippen LogP contribution in [-0.4, -0.2) is 25.7 Å². The van der Waals surface area contributed by atoms with Crippen LogP contribution in [0.25, 0.3) is 17.4 Å². The summed E-state index contributed by atoms with van der Waals surface area (Å²) < 4.78 is 6.68. The van der Waals surface area contributed by atoms with Crippen LogP contribution in [0.3, 0.4) is 0 Å². The number of hydrogen-bond acceptors (Lipinski definition) is 5. The summed E-state index contributed by atoms with van der Waals surface area (Å²) in [6, 6.07) is 6.50. The molecular weight excluding hydrogens is 310 g/mol. The van der Waals surface area contributed by atoms with E-state index in [1.54, 1.807) is 38.1 Å². The summed E-state index contributed by atoms with van der Waals surface area (Å²) in [7, 11) is 0. The van der Waals surface area contributed by atoms with E-state index in [9.17, 15) is 9.59 Å². The van der Waals surface area contributed by atoms with Gasteiger partial charge in [0.25, 0.3) is 5.56 Å². The molecule has 3 rings (SSSR count). The van der Waals surface area contributed by atoms with Gasteiger partial charge in [-0.15, -0.1) is 0 Å². The van der Waals surface area contributed by atoms with Crippen LogP contribution in [0, 0.1) is 6.92 Å². The Balaban J connectivity index is 2.11. The van der Waals surface area contributed by atoms with Crippen molar-refractivity contribution >= 4 is 11.7 Å². The zero-order valence-electron chi connectivity index (χ0n) is 13.1. The lowest BCUT2D eigenvalue weighted by molar-refractivity contribution is -0.111. The Morgan fingerprint density at radius 1 is 1.42 bits per heavy atom. The van der Waals surface area contributed by atoms with Crippen molar-refractivity contribution in [2.45, 2.75) is 13.8 Å². The Bertz CT molecular complexity index is 951. The first-order valence-corrected chi connectivity index (χ1v) is 7.23. The molecule has 0 aromatic carbocycles. The third-order valence-corrected chi connectivity index (χ3v) is 3.11. The molecule has 0 bridgehead atoms. The molecule has 1 amide bonds. The molecule has 3 heterocycles. The third-order valence-electron chi connectivity index (χ3n) is 3.11. The quantitative estimate of drug-likeness (QED) is 0.714. The van der Waals surface area contributed by atoms with E-state index in [4.69, 9.17) is 4.42 Å². The molecular formula is C16H15N5O3. The standard InChI is InChI=1S/C16H15N5O3/c1-3-5-14(22)18-13-9-11(12-6-4-7-24-12)20-21(13)16-17-10(2)8-15(23)19-16/h3-9H,1-2H3,(H,18,22)(H,17,19,23). The van der Waals surface area contributed by atoms with Gasteiger partial charge in [-0.25, -0.2) is 4.98 Å². The smallest absolute Gasteiger partial charge is 0.252 e. The molecule has 8 nitrogen and oxygen atoms in total. The normalized spacial score (nSPS) is 11.1. The number of anilines is 1. The van der Waals surface area contributed by atoms with Gasteiger partial charge < -0.3 is 9.73 Å². The Morgan fingerprint density at radius 2 is 2.25 bits per heavy atom. The molecule has 0 fully saturated rings. The van der Waals surface area contributed by atoms with Crippen molar-refractivity contribution in [2.75, 3.05) is 5.32 Å². The molecule has 3 aromatic rings. The lowest BCUT2D eigenvalue weighted by Crippen LogP contribution is -2.17. The molecule has 8 heteroatoms. The fourth-order valence-corrected chi connectivity index (χ4v) is 2.16. The molecule has 0 aliphatic heterocycles. The van der Waals surface area contributed by atoms with E-state index in [1.165, 1.54) is 23.1 Å². The second kappa shape index (κ2) is 6.37. The predicted octanol–water partition coefficient (Wildman–Crippen LogP) is 2.04. The topological polar surface area (TPSA) is 106 Å². The monoisotopic (exact) mass is 325 g/mol. The first kappa shape index (κ1) is 15.5. The predicted molar refractivity (Wildman–Crippen MR) is 87.9 cm³/mol. The number of nitrogens with one attached hydrogen (secondary N) is 2. The Kier molecular flexibility index (Phi) is 4.11. The third kappa shape index (κ3) is 3.17. The minimum absolute atomic E-state index is 0.202. The number of rotatable bonds is 4. The summed E-state index contributed by atoms with van der Waals surface area (Å²) in [6.45, 7) is 3.44. The summed E-state index contributed by atoms with van der Waals surface area (Å²) in [5, 5.41) is 7.07. The molecule has 0 aliphatic rings. The number of H-pyrrole nitrogens is 1. The van der Waals surface area contributed by atoms with Crippen LogP contribution < -0.4 is 10.9 Å². The molecule has 0 radical (unpaired) electrons.